The van der Waals surface area contributed by atoms with Gasteiger partial charge in [0.2, 0.25) is 0 Å². The minimum atomic E-state index is 0.991. The van der Waals surface area contributed by atoms with Gasteiger partial charge in [0.05, 0.1) is 0 Å². The quantitative estimate of drug-likeness (QED) is 0.182. The molecule has 21 rings (SSSR count). The molecule has 2 atom stereocenters. The summed E-state index contributed by atoms with van der Waals surface area (Å²) in [6.45, 7) is 0. The molecule has 2 aromatic carbocycles. The van der Waals surface area contributed by atoms with Gasteiger partial charge >= 0.3 is 0 Å². The highest BCUT2D eigenvalue weighted by Crippen LogP contribution is 2.44. The molecule has 11 fully saturated rings. The first-order valence-corrected chi connectivity index (χ1v) is 49.0. The molecule has 0 heteroatoms. The van der Waals surface area contributed by atoms with Crippen LogP contribution in [0.4, 0.5) is 0 Å². The molecule has 2 aromatic rings. The lowest BCUT2D eigenvalue weighted by molar-refractivity contribution is 0.171. The molecular weight excluding hydrogens is 1290 g/mol. The lowest BCUT2D eigenvalue weighted by Gasteiger charge is -2.35. The average Bonchev–Trinajstić information content (AvgIpc) is 1.82. The van der Waals surface area contributed by atoms with Crippen LogP contribution < -0.4 is 0 Å². The molecule has 0 saturated heterocycles. The Hall–Kier alpha value is -3.38. The second-order valence-electron chi connectivity index (χ2n) is 36.0. The van der Waals surface area contributed by atoms with E-state index in [1.165, 1.54) is 429 Å². The Balaban J connectivity index is 0.000000180. The van der Waals surface area contributed by atoms with Gasteiger partial charge in [-0.1, -0.05) is 442 Å². The van der Waals surface area contributed by atoms with E-state index in [9.17, 15) is 0 Å². The predicted molar refractivity (Wildman–Crippen MR) is 480 cm³/mol. The third-order valence-corrected chi connectivity index (χ3v) is 26.2. The number of aryl methyl sites for hydroxylation is 4. The number of fused-ring (bicyclic) bond motifs is 7. The minimum Gasteiger partial charge on any atom is -0.0885 e. The maximum atomic E-state index is 2.38. The van der Waals surface area contributed by atoms with Crippen molar-refractivity contribution in [2.75, 3.05) is 0 Å². The van der Waals surface area contributed by atoms with Crippen LogP contribution in [0.1, 0.15) is 478 Å². The van der Waals surface area contributed by atoms with E-state index < -0.39 is 0 Å². The van der Waals surface area contributed by atoms with Gasteiger partial charge in [0.15, 0.2) is 0 Å². The predicted octanol–water partition coefficient (Wildman–Crippen LogP) is 35.9. The standard InChI is InChI=1S/C10H18.C10H12.C9H10.C8H16.C8H14.C7H12.C7H10.C7H14.C7H12.C6H12.C6H10.C5H10.C5H8.C5H6.C4H8.C3H6/c2*1-2-6-10-8-4-3-7-9(10)5-1;1-2-5-9-7-3-6-8(9)4-1;2*1-2-4-6-8-7-5-3-1;2*1-2-7-4-3-6(1)5-7;2*1-2-4-6-7-5-3-1;2*1-2-4-6-5-3-1;3*1-2-4-5-3-1;1-2-4-3-1;1-2-3-1/h9-10H,1-8H2;1-2,5-6H,3-4,7-8H2;1-2,4-5H,3,6-7H2;1-8H2;1-2H,3-8H2;6-7H,1-5H2;1-2,6-7H,3-5H2;1-7H2;1-2H,3-7H2;1-6H2;1-2H,3-6H2;1-5H2;1-2H,3-5H2;1-4H,5H2;1-4H2;1-3H2. The van der Waals surface area contributed by atoms with E-state index in [0.29, 0.717) is 0 Å². The van der Waals surface area contributed by atoms with E-state index >= 15 is 0 Å². The summed E-state index contributed by atoms with van der Waals surface area (Å²) in [5, 5.41) is 0. The highest BCUT2D eigenvalue weighted by Gasteiger charge is 2.31. The molecule has 19 aliphatic rings. The van der Waals surface area contributed by atoms with Gasteiger partial charge in [-0.15, -0.1) is 0 Å². The summed E-state index contributed by atoms with van der Waals surface area (Å²) < 4.78 is 0. The lowest BCUT2D eigenvalue weighted by atomic mass is 9.71. The van der Waals surface area contributed by atoms with Crippen LogP contribution >= 0.6 is 0 Å². The third kappa shape index (κ3) is 53.3. The van der Waals surface area contributed by atoms with Crippen molar-refractivity contribution in [2.24, 2.45) is 35.5 Å². The van der Waals surface area contributed by atoms with Crippen molar-refractivity contribution in [3.05, 3.63) is 156 Å². The fourth-order valence-corrected chi connectivity index (χ4v) is 18.6. The molecule has 0 amide bonds. The molecule has 0 spiro atoms. The Morgan fingerprint density at radius 1 is 0.178 bits per heavy atom. The summed E-state index contributed by atoms with van der Waals surface area (Å²) in [7, 11) is 0. The van der Waals surface area contributed by atoms with Crippen molar-refractivity contribution in [3.63, 3.8) is 0 Å². The van der Waals surface area contributed by atoms with Crippen LogP contribution in [0.5, 0.6) is 0 Å². The fraction of sp³-hybridized carbons (Fsp3) is 0.757. The van der Waals surface area contributed by atoms with Crippen molar-refractivity contribution < 1.29 is 0 Å². The monoisotopic (exact) mass is 1460 g/mol. The van der Waals surface area contributed by atoms with E-state index in [0.717, 1.165) is 30.1 Å². The number of allylic oxidation sites excluding steroid dienone is 14. The average molecular weight is 1460 g/mol. The van der Waals surface area contributed by atoms with Gasteiger partial charge in [-0.25, -0.2) is 0 Å². The van der Waals surface area contributed by atoms with Crippen LogP contribution in [0.25, 0.3) is 0 Å². The summed E-state index contributed by atoms with van der Waals surface area (Å²) in [6.07, 6.45) is 141. The maximum absolute atomic E-state index is 2.38. The zero-order chi connectivity index (χ0) is 74.4. The Kier molecular flexibility index (Phi) is 59.9. The first kappa shape index (κ1) is 92.5. The van der Waals surface area contributed by atoms with E-state index in [1.807, 2.05) is 0 Å². The fourth-order valence-electron chi connectivity index (χ4n) is 18.6. The lowest BCUT2D eigenvalue weighted by Crippen LogP contribution is -2.22. The molecule has 107 heavy (non-hydrogen) atoms. The topological polar surface area (TPSA) is 0 Å². The largest absolute Gasteiger partial charge is 0.0885 e. The summed E-state index contributed by atoms with van der Waals surface area (Å²) >= 11 is 0. The molecule has 606 valence electrons. The highest BCUT2D eigenvalue weighted by atomic mass is 14.4. The minimum absolute atomic E-state index is 0.991. The number of rotatable bonds is 0. The molecule has 11 saturated carbocycles. The van der Waals surface area contributed by atoms with Crippen LogP contribution in [-0.4, -0.2) is 0 Å². The van der Waals surface area contributed by atoms with Gasteiger partial charge in [0.25, 0.3) is 0 Å². The molecule has 0 aromatic heterocycles. The Bertz CT molecular complexity index is 2260. The number of hydrogen-bond acceptors (Lipinski definition) is 0. The van der Waals surface area contributed by atoms with Crippen molar-refractivity contribution in [1.29, 1.82) is 0 Å². The van der Waals surface area contributed by atoms with Crippen molar-refractivity contribution in [3.8, 4) is 0 Å². The summed E-state index contributed by atoms with van der Waals surface area (Å²) in [6, 6.07) is 17.5. The van der Waals surface area contributed by atoms with Crippen LogP contribution in [-0.2, 0) is 25.7 Å². The maximum Gasteiger partial charge on any atom is -0.0163 e. The van der Waals surface area contributed by atoms with Gasteiger partial charge in [0.1, 0.15) is 0 Å². The van der Waals surface area contributed by atoms with Gasteiger partial charge in [-0.3, -0.25) is 0 Å². The second kappa shape index (κ2) is 69.3. The SMILES string of the molecule is C1=CC2CCC1C2.C1=CCC=C1.C1=CCCC1.C1=CCCCC1.C1=CCCCCC1.C1=CCCCCCC1.C1CC1.C1CC2CCC1C2.C1CCC1.C1CCC2CCCCC2C1.C1CCCC1.C1CCCCC1.C1CCCCCC1.C1CCCCCCC1.c1ccc2c(c1)CCC2.c1ccc2c(c1)CCCC2. The van der Waals surface area contributed by atoms with Gasteiger partial charge in [-0.05, 0) is 231 Å². The first-order chi connectivity index (χ1) is 53.3. The Labute approximate surface area is 668 Å². The summed E-state index contributed by atoms with van der Waals surface area (Å²) in [5.74, 6) is 6.63. The normalized spacial score (nSPS) is 26.2. The summed E-state index contributed by atoms with van der Waals surface area (Å²) in [4.78, 5) is 0. The zero-order valence-electron chi connectivity index (χ0n) is 71.2. The molecule has 0 radical (unpaired) electrons. The molecule has 4 bridgehead atoms. The van der Waals surface area contributed by atoms with E-state index in [2.05, 4.69) is 134 Å². The smallest absolute Gasteiger partial charge is 0.0163 e. The highest BCUT2D eigenvalue weighted by molar-refractivity contribution is 5.31. The number of benzene rings is 2. The third-order valence-electron chi connectivity index (χ3n) is 26.2. The van der Waals surface area contributed by atoms with Gasteiger partial charge in [0, 0.05) is 0 Å². The molecule has 2 unspecified atom stereocenters. The molecule has 0 nitrogen and oxygen atoms in total. The van der Waals surface area contributed by atoms with E-state index in [-0.39, 0.29) is 0 Å². The second-order valence-corrected chi connectivity index (χ2v) is 36.0. The van der Waals surface area contributed by atoms with Crippen LogP contribution in [0.3, 0.4) is 0 Å². The zero-order valence-corrected chi connectivity index (χ0v) is 71.2. The molecule has 0 N–H and O–H groups in total. The molecule has 0 aliphatic heterocycles. The van der Waals surface area contributed by atoms with Crippen molar-refractivity contribution in [1.82, 2.24) is 0 Å². The molecular formula is C107H178. The van der Waals surface area contributed by atoms with Gasteiger partial charge in [-0.2, -0.15) is 0 Å². The first-order valence-electron chi connectivity index (χ1n) is 49.0. The number of hydrogen-bond donors (Lipinski definition) is 0. The van der Waals surface area contributed by atoms with Crippen molar-refractivity contribution in [2.45, 2.75) is 482 Å². The van der Waals surface area contributed by atoms with E-state index in [1.54, 1.807) is 80.0 Å². The van der Waals surface area contributed by atoms with Gasteiger partial charge < -0.3 is 0 Å². The van der Waals surface area contributed by atoms with Crippen LogP contribution in [0.15, 0.2) is 134 Å². The van der Waals surface area contributed by atoms with E-state index in [4.69, 9.17) is 0 Å². The Morgan fingerprint density at radius 2 is 0.402 bits per heavy atom. The molecule has 0 heterocycles. The van der Waals surface area contributed by atoms with Crippen LogP contribution in [0, 0.1) is 35.5 Å². The molecule has 19 aliphatic carbocycles. The summed E-state index contributed by atoms with van der Waals surface area (Å²) in [5.41, 5.74) is 6.29. The van der Waals surface area contributed by atoms with Crippen LogP contribution in [0.2, 0.25) is 0 Å². The Morgan fingerprint density at radius 3 is 0.589 bits per heavy atom. The van der Waals surface area contributed by atoms with Crippen molar-refractivity contribution >= 4 is 0 Å².